The molecule has 1 amide bonds. The summed E-state index contributed by atoms with van der Waals surface area (Å²) in [4.78, 5) is 23.1. The lowest BCUT2D eigenvalue weighted by molar-refractivity contribution is -0.385. The number of nitrogens with one attached hydrogen (secondary N) is 2. The van der Waals surface area contributed by atoms with E-state index in [1.807, 2.05) is 0 Å². The van der Waals surface area contributed by atoms with Crippen LogP contribution in [0.2, 0.25) is 0 Å². The Morgan fingerprint density at radius 3 is 2.46 bits per heavy atom. The third-order valence-electron chi connectivity index (χ3n) is 6.58. The fourth-order valence-electron chi connectivity index (χ4n) is 6.11. The van der Waals surface area contributed by atoms with E-state index in [0.717, 1.165) is 30.4 Å². The average Bonchev–Trinajstić information content (AvgIpc) is 3.00. The molecule has 7 nitrogen and oxygen atoms in total. The number of nitro groups is 1. The Morgan fingerprint density at radius 2 is 1.96 bits per heavy atom. The molecule has 4 bridgehead atoms. The predicted octanol–water partition coefficient (Wildman–Crippen LogP) is 3.04. The van der Waals surface area contributed by atoms with Crippen molar-refractivity contribution in [2.45, 2.75) is 57.9 Å². The topological polar surface area (TPSA) is 101 Å². The highest BCUT2D eigenvalue weighted by molar-refractivity contribution is 5.96. The minimum absolute atomic E-state index is 0.0387. The Hall–Kier alpha value is -1.92. The fraction of sp³-hybridized carbons (Fsp3) is 0.765. The molecule has 4 saturated carbocycles. The number of aromatic amines is 1. The van der Waals surface area contributed by atoms with E-state index < -0.39 is 10.8 Å². The molecule has 7 heteroatoms. The zero-order valence-corrected chi connectivity index (χ0v) is 14.0. The highest BCUT2D eigenvalue weighted by Gasteiger charge is 2.54. The molecule has 1 heterocycles. The number of hydrogen-bond donors (Lipinski definition) is 2. The number of aromatic nitrogens is 2. The summed E-state index contributed by atoms with van der Waals surface area (Å²) in [6, 6.07) is 0.0845. The SMILES string of the molecule is CCC(NC(=O)c1[nH]ncc1[N+](=O)[O-])C12CC3CC(CC(C3)C1)C2. The molecule has 1 aromatic heterocycles. The highest BCUT2D eigenvalue weighted by Crippen LogP contribution is 2.61. The zero-order chi connectivity index (χ0) is 16.9. The average molecular weight is 332 g/mol. The van der Waals surface area contributed by atoms with Gasteiger partial charge in [-0.15, -0.1) is 0 Å². The smallest absolute Gasteiger partial charge is 0.319 e. The molecule has 2 N–H and O–H groups in total. The van der Waals surface area contributed by atoms with Gasteiger partial charge in [-0.2, -0.15) is 5.10 Å². The van der Waals surface area contributed by atoms with Crippen molar-refractivity contribution in [3.8, 4) is 0 Å². The van der Waals surface area contributed by atoms with Crippen LogP contribution in [0, 0.1) is 33.3 Å². The highest BCUT2D eigenvalue weighted by atomic mass is 16.6. The van der Waals surface area contributed by atoms with Crippen LogP contribution in [0.25, 0.3) is 0 Å². The number of amides is 1. The minimum atomic E-state index is -0.565. The van der Waals surface area contributed by atoms with Gasteiger partial charge in [0.1, 0.15) is 6.20 Å². The van der Waals surface area contributed by atoms with Gasteiger partial charge in [-0.3, -0.25) is 20.0 Å². The second-order valence-corrected chi connectivity index (χ2v) is 8.10. The lowest BCUT2D eigenvalue weighted by Crippen LogP contribution is -2.56. The van der Waals surface area contributed by atoms with Crippen LogP contribution >= 0.6 is 0 Å². The third-order valence-corrected chi connectivity index (χ3v) is 6.58. The van der Waals surface area contributed by atoms with Crippen LogP contribution in [0.3, 0.4) is 0 Å². The largest absolute Gasteiger partial charge is 0.347 e. The molecule has 4 fully saturated rings. The quantitative estimate of drug-likeness (QED) is 0.639. The summed E-state index contributed by atoms with van der Waals surface area (Å²) < 4.78 is 0. The molecule has 1 atom stereocenters. The van der Waals surface area contributed by atoms with Gasteiger partial charge < -0.3 is 5.32 Å². The van der Waals surface area contributed by atoms with Gasteiger partial charge in [0.15, 0.2) is 0 Å². The standard InChI is InChI=1S/C17H24N4O3/c1-2-14(19-16(22)15-13(21(23)24)9-18-20-15)17-6-10-3-11(7-17)5-12(4-10)8-17/h9-12,14H,2-8H2,1H3,(H,18,20)(H,19,22). The van der Waals surface area contributed by atoms with E-state index >= 15 is 0 Å². The molecule has 0 aliphatic heterocycles. The Morgan fingerprint density at radius 1 is 1.38 bits per heavy atom. The van der Waals surface area contributed by atoms with Crippen LogP contribution in [-0.2, 0) is 0 Å². The van der Waals surface area contributed by atoms with Crippen molar-refractivity contribution >= 4 is 11.6 Å². The normalized spacial score (nSPS) is 35.0. The summed E-state index contributed by atoms with van der Waals surface area (Å²) in [5.74, 6) is 2.03. The third kappa shape index (κ3) is 2.41. The van der Waals surface area contributed by atoms with Crippen LogP contribution in [-0.4, -0.2) is 27.1 Å². The van der Waals surface area contributed by atoms with Gasteiger partial charge in [-0.1, -0.05) is 6.92 Å². The van der Waals surface area contributed by atoms with Crippen molar-refractivity contribution in [2.75, 3.05) is 0 Å². The fourth-order valence-corrected chi connectivity index (χ4v) is 6.11. The molecule has 5 rings (SSSR count). The number of H-pyrrole nitrogens is 1. The van der Waals surface area contributed by atoms with Gasteiger partial charge in [-0.25, -0.2) is 0 Å². The Bertz CT molecular complexity index is 633. The second-order valence-electron chi connectivity index (χ2n) is 8.10. The van der Waals surface area contributed by atoms with Gasteiger partial charge in [0, 0.05) is 6.04 Å². The van der Waals surface area contributed by atoms with Crippen molar-refractivity contribution in [3.05, 3.63) is 22.0 Å². The Balaban J connectivity index is 1.55. The maximum absolute atomic E-state index is 12.6. The summed E-state index contributed by atoms with van der Waals surface area (Å²) in [6.45, 7) is 2.10. The molecule has 4 aliphatic carbocycles. The van der Waals surface area contributed by atoms with Crippen LogP contribution in [0.1, 0.15) is 62.4 Å². The molecule has 0 radical (unpaired) electrons. The molecule has 1 aromatic rings. The molecule has 24 heavy (non-hydrogen) atoms. The molecule has 0 spiro atoms. The van der Waals surface area contributed by atoms with E-state index in [0.29, 0.717) is 0 Å². The first-order valence-corrected chi connectivity index (χ1v) is 8.99. The monoisotopic (exact) mass is 332 g/mol. The number of rotatable bonds is 5. The number of hydrogen-bond acceptors (Lipinski definition) is 4. The summed E-state index contributed by atoms with van der Waals surface area (Å²) in [5.41, 5.74) is -0.107. The van der Waals surface area contributed by atoms with Gasteiger partial charge in [0.2, 0.25) is 5.69 Å². The van der Waals surface area contributed by atoms with E-state index in [-0.39, 0.29) is 22.8 Å². The molecule has 0 saturated heterocycles. The molecular weight excluding hydrogens is 308 g/mol. The van der Waals surface area contributed by atoms with E-state index in [1.54, 1.807) is 0 Å². The Labute approximate surface area is 140 Å². The first-order valence-electron chi connectivity index (χ1n) is 8.99. The molecular formula is C17H24N4O3. The van der Waals surface area contributed by atoms with E-state index in [2.05, 4.69) is 22.4 Å². The van der Waals surface area contributed by atoms with E-state index in [1.165, 1.54) is 38.5 Å². The maximum atomic E-state index is 12.6. The summed E-state index contributed by atoms with van der Waals surface area (Å²) in [7, 11) is 0. The van der Waals surface area contributed by atoms with Gasteiger partial charge in [0.25, 0.3) is 5.91 Å². The van der Waals surface area contributed by atoms with Gasteiger partial charge in [-0.05, 0) is 68.1 Å². The van der Waals surface area contributed by atoms with E-state index in [9.17, 15) is 14.9 Å². The predicted molar refractivity (Wildman–Crippen MR) is 87.4 cm³/mol. The lowest BCUT2D eigenvalue weighted by atomic mass is 9.47. The first-order chi connectivity index (χ1) is 11.5. The van der Waals surface area contributed by atoms with Crippen LogP contribution in [0.4, 0.5) is 5.69 Å². The molecule has 4 aliphatic rings. The lowest BCUT2D eigenvalue weighted by Gasteiger charge is -2.59. The number of nitrogens with zero attached hydrogens (tertiary/aromatic N) is 2. The summed E-state index contributed by atoms with van der Waals surface area (Å²) in [5, 5.41) is 20.3. The summed E-state index contributed by atoms with van der Waals surface area (Å²) in [6.07, 6.45) is 9.62. The van der Waals surface area contributed by atoms with Gasteiger partial charge in [0.05, 0.1) is 4.92 Å². The van der Waals surface area contributed by atoms with Crippen molar-refractivity contribution in [1.82, 2.24) is 15.5 Å². The van der Waals surface area contributed by atoms with Crippen LogP contribution < -0.4 is 5.32 Å². The zero-order valence-electron chi connectivity index (χ0n) is 14.0. The van der Waals surface area contributed by atoms with Crippen molar-refractivity contribution in [2.24, 2.45) is 23.2 Å². The minimum Gasteiger partial charge on any atom is -0.347 e. The maximum Gasteiger partial charge on any atom is 0.319 e. The summed E-state index contributed by atoms with van der Waals surface area (Å²) >= 11 is 0. The molecule has 130 valence electrons. The molecule has 1 unspecified atom stereocenters. The van der Waals surface area contributed by atoms with Crippen molar-refractivity contribution in [3.63, 3.8) is 0 Å². The number of carbonyl (C=O) groups excluding carboxylic acids is 1. The van der Waals surface area contributed by atoms with Crippen LogP contribution in [0.15, 0.2) is 6.20 Å². The molecule has 0 aromatic carbocycles. The second kappa shape index (κ2) is 5.57. The van der Waals surface area contributed by atoms with Gasteiger partial charge >= 0.3 is 5.69 Å². The van der Waals surface area contributed by atoms with Crippen molar-refractivity contribution < 1.29 is 9.72 Å². The number of carbonyl (C=O) groups is 1. The van der Waals surface area contributed by atoms with E-state index in [4.69, 9.17) is 0 Å². The Kier molecular flexibility index (Phi) is 3.62. The van der Waals surface area contributed by atoms with Crippen molar-refractivity contribution in [1.29, 1.82) is 0 Å². The van der Waals surface area contributed by atoms with Crippen LogP contribution in [0.5, 0.6) is 0 Å². The first kappa shape index (κ1) is 15.6.